The Hall–Kier alpha value is -2.22. The zero-order valence-corrected chi connectivity index (χ0v) is 15.4. The van der Waals surface area contributed by atoms with Crippen molar-refractivity contribution in [3.05, 3.63) is 29.8 Å². The van der Waals surface area contributed by atoms with E-state index in [1.165, 1.54) is 18.8 Å². The molecule has 2 amide bonds. The number of methoxy groups -OCH3 is 1. The Balaban J connectivity index is 2.57. The molecule has 0 aliphatic carbocycles. The molecule has 0 saturated heterocycles. The van der Waals surface area contributed by atoms with Gasteiger partial charge < -0.3 is 20.5 Å². The predicted octanol–water partition coefficient (Wildman–Crippen LogP) is 1.27. The van der Waals surface area contributed by atoms with Gasteiger partial charge in [-0.2, -0.15) is 11.8 Å². The summed E-state index contributed by atoms with van der Waals surface area (Å²) in [4.78, 5) is 34.7. The Bertz CT molecular complexity index is 591. The molecule has 7 nitrogen and oxygen atoms in total. The first-order valence-electron chi connectivity index (χ1n) is 7.81. The third-order valence-electron chi connectivity index (χ3n) is 3.54. The van der Waals surface area contributed by atoms with Gasteiger partial charge in [0.1, 0.15) is 11.8 Å². The van der Waals surface area contributed by atoms with Crippen molar-refractivity contribution in [1.29, 1.82) is 0 Å². The van der Waals surface area contributed by atoms with Crippen LogP contribution in [0.4, 0.5) is 0 Å². The van der Waals surface area contributed by atoms with Crippen molar-refractivity contribution >= 4 is 29.5 Å². The van der Waals surface area contributed by atoms with Crippen molar-refractivity contribution < 1.29 is 24.2 Å². The fourth-order valence-electron chi connectivity index (χ4n) is 2.09. The summed E-state index contributed by atoms with van der Waals surface area (Å²) in [7, 11) is 3.07. The number of carboxylic acids is 1. The van der Waals surface area contributed by atoms with Gasteiger partial charge >= 0.3 is 5.97 Å². The summed E-state index contributed by atoms with van der Waals surface area (Å²) in [6, 6.07) is 6.84. The number of carbonyl (C=O) groups excluding carboxylic acids is 2. The number of ether oxygens (including phenoxy) is 1. The lowest BCUT2D eigenvalue weighted by molar-refractivity contribution is -0.141. The highest BCUT2D eigenvalue weighted by molar-refractivity contribution is 7.98. The van der Waals surface area contributed by atoms with E-state index in [-0.39, 0.29) is 12.3 Å². The summed E-state index contributed by atoms with van der Waals surface area (Å²) in [5.74, 6) is -0.733. The first kappa shape index (κ1) is 20.8. The van der Waals surface area contributed by atoms with E-state index < -0.39 is 23.8 Å². The molecule has 3 N–H and O–H groups in total. The second kappa shape index (κ2) is 10.6. The summed E-state index contributed by atoms with van der Waals surface area (Å²) in [6.45, 7) is 1.55. The van der Waals surface area contributed by atoms with Crippen molar-refractivity contribution in [1.82, 2.24) is 10.6 Å². The summed E-state index contributed by atoms with van der Waals surface area (Å²) in [6.07, 6.45) is -0.276. The minimum Gasteiger partial charge on any atom is -0.497 e. The van der Waals surface area contributed by atoms with Crippen molar-refractivity contribution in [2.75, 3.05) is 19.9 Å². The monoisotopic (exact) mass is 368 g/mol. The fourth-order valence-corrected chi connectivity index (χ4v) is 3.19. The van der Waals surface area contributed by atoms with E-state index >= 15 is 0 Å². The number of hydrogen-bond donors (Lipinski definition) is 3. The molecule has 0 unspecified atom stereocenters. The molecule has 1 aromatic rings. The van der Waals surface area contributed by atoms with E-state index in [1.54, 1.807) is 14.0 Å². The smallest absolute Gasteiger partial charge is 0.304 e. The number of nitrogens with one attached hydrogen (secondary N) is 2. The normalized spacial score (nSPS) is 12.8. The van der Waals surface area contributed by atoms with Crippen LogP contribution in [0.2, 0.25) is 0 Å². The van der Waals surface area contributed by atoms with Crippen LogP contribution in [-0.4, -0.2) is 48.8 Å². The van der Waals surface area contributed by atoms with Gasteiger partial charge in [-0.1, -0.05) is 12.1 Å². The molecule has 0 fully saturated rings. The van der Waals surface area contributed by atoms with Crippen LogP contribution in [0.3, 0.4) is 0 Å². The van der Waals surface area contributed by atoms with Gasteiger partial charge in [0.05, 0.1) is 19.4 Å². The molecule has 1 rings (SSSR count). The van der Waals surface area contributed by atoms with Crippen LogP contribution in [-0.2, 0) is 20.1 Å². The maximum atomic E-state index is 12.3. The van der Waals surface area contributed by atoms with E-state index in [0.717, 1.165) is 11.3 Å². The average Bonchev–Trinajstić information content (AvgIpc) is 2.60. The first-order chi connectivity index (χ1) is 11.9. The summed E-state index contributed by atoms with van der Waals surface area (Å²) < 4.78 is 5.09. The highest BCUT2D eigenvalue weighted by atomic mass is 32.2. The number of aliphatic carboxylic acids is 1. The van der Waals surface area contributed by atoms with Crippen molar-refractivity contribution in [2.24, 2.45) is 5.92 Å². The molecular weight excluding hydrogens is 344 g/mol. The topological polar surface area (TPSA) is 105 Å². The second-order valence-electron chi connectivity index (χ2n) is 5.50. The molecule has 0 aliphatic rings. The average molecular weight is 368 g/mol. The quantitative estimate of drug-likeness (QED) is 0.574. The molecule has 0 aromatic heterocycles. The molecule has 1 aromatic carbocycles. The number of amides is 2. The number of hydrogen-bond acceptors (Lipinski definition) is 5. The molecule has 0 spiro atoms. The van der Waals surface area contributed by atoms with Crippen LogP contribution in [0.1, 0.15) is 18.9 Å². The third kappa shape index (κ3) is 7.47. The maximum absolute atomic E-state index is 12.3. The highest BCUT2D eigenvalue weighted by Gasteiger charge is 2.24. The van der Waals surface area contributed by atoms with Crippen LogP contribution in [0.25, 0.3) is 0 Å². The second-order valence-corrected chi connectivity index (χ2v) is 6.53. The third-order valence-corrected chi connectivity index (χ3v) is 4.71. The zero-order chi connectivity index (χ0) is 18.8. The van der Waals surface area contributed by atoms with E-state index in [4.69, 9.17) is 9.84 Å². The van der Waals surface area contributed by atoms with Gasteiger partial charge in [-0.05, 0) is 24.6 Å². The molecule has 0 radical (unpaired) electrons. The van der Waals surface area contributed by atoms with Gasteiger partial charge in [-0.25, -0.2) is 0 Å². The lowest BCUT2D eigenvalue weighted by atomic mass is 10.1. The Morgan fingerprint density at radius 2 is 1.84 bits per heavy atom. The number of benzene rings is 1. The number of carboxylic acid groups (broad SMARTS) is 1. The number of carbonyl (C=O) groups is 3. The van der Waals surface area contributed by atoms with E-state index in [9.17, 15) is 14.4 Å². The summed E-state index contributed by atoms with van der Waals surface area (Å²) in [5.41, 5.74) is 1.05. The minimum absolute atomic E-state index is 0.276. The van der Waals surface area contributed by atoms with Crippen LogP contribution < -0.4 is 15.4 Å². The van der Waals surface area contributed by atoms with E-state index in [0.29, 0.717) is 11.5 Å². The molecule has 25 heavy (non-hydrogen) atoms. The Kier molecular flexibility index (Phi) is 8.83. The van der Waals surface area contributed by atoms with Crippen LogP contribution >= 0.6 is 11.8 Å². The highest BCUT2D eigenvalue weighted by Crippen LogP contribution is 2.20. The van der Waals surface area contributed by atoms with Gasteiger partial charge in [0.25, 0.3) is 0 Å². The lowest BCUT2D eigenvalue weighted by Crippen LogP contribution is -2.46. The number of likely N-dealkylation sites (N-methyl/N-ethyl adjacent to an activating group) is 1. The Labute approximate surface area is 151 Å². The van der Waals surface area contributed by atoms with Crippen LogP contribution in [0.5, 0.6) is 5.75 Å². The Morgan fingerprint density at radius 1 is 1.20 bits per heavy atom. The van der Waals surface area contributed by atoms with Gasteiger partial charge in [0, 0.05) is 18.6 Å². The van der Waals surface area contributed by atoms with Crippen molar-refractivity contribution in [3.63, 3.8) is 0 Å². The van der Waals surface area contributed by atoms with Gasteiger partial charge in [-0.3, -0.25) is 14.4 Å². The fraction of sp³-hybridized carbons (Fsp3) is 0.471. The SMILES string of the molecule is CNC(=O)[C@H](C)NC(=O)[C@H](CSCc1ccc(OC)cc1)CC(=O)O. The lowest BCUT2D eigenvalue weighted by Gasteiger charge is -2.18. The molecular formula is C17H24N2O5S. The molecule has 0 aliphatic heterocycles. The van der Waals surface area contributed by atoms with Crippen molar-refractivity contribution in [2.45, 2.75) is 25.1 Å². The molecule has 0 bridgehead atoms. The van der Waals surface area contributed by atoms with Gasteiger partial charge in [0.15, 0.2) is 0 Å². The molecule has 0 saturated carbocycles. The first-order valence-corrected chi connectivity index (χ1v) is 8.97. The minimum atomic E-state index is -1.04. The largest absolute Gasteiger partial charge is 0.497 e. The zero-order valence-electron chi connectivity index (χ0n) is 14.6. The maximum Gasteiger partial charge on any atom is 0.304 e. The number of rotatable bonds is 10. The van der Waals surface area contributed by atoms with Gasteiger partial charge in [0.2, 0.25) is 11.8 Å². The molecule has 8 heteroatoms. The van der Waals surface area contributed by atoms with Crippen LogP contribution in [0, 0.1) is 5.92 Å². The van der Waals surface area contributed by atoms with E-state index in [2.05, 4.69) is 10.6 Å². The predicted molar refractivity (Wildman–Crippen MR) is 96.6 cm³/mol. The molecule has 138 valence electrons. The number of thioether (sulfide) groups is 1. The standard InChI is InChI=1S/C17H24N2O5S/c1-11(16(22)18-2)19-17(23)13(8-15(20)21)10-25-9-12-4-6-14(24-3)7-5-12/h4-7,11,13H,8-10H2,1-3H3,(H,18,22)(H,19,23)(H,20,21)/t11-,13-/m0/s1. The molecule has 2 atom stereocenters. The summed E-state index contributed by atoms with van der Waals surface area (Å²) >= 11 is 1.47. The van der Waals surface area contributed by atoms with E-state index in [1.807, 2.05) is 24.3 Å². The van der Waals surface area contributed by atoms with Crippen molar-refractivity contribution in [3.8, 4) is 5.75 Å². The van der Waals surface area contributed by atoms with Crippen LogP contribution in [0.15, 0.2) is 24.3 Å². The van der Waals surface area contributed by atoms with Gasteiger partial charge in [-0.15, -0.1) is 0 Å². The molecule has 0 heterocycles. The summed E-state index contributed by atoms with van der Waals surface area (Å²) in [5, 5.41) is 14.0. The Morgan fingerprint density at radius 3 is 2.36 bits per heavy atom.